The van der Waals surface area contributed by atoms with Crippen molar-refractivity contribution in [3.8, 4) is 17.2 Å². The number of carboxylic acids is 1. The molecule has 0 aliphatic carbocycles. The highest BCUT2D eigenvalue weighted by molar-refractivity contribution is 6.35. The van der Waals surface area contributed by atoms with Crippen molar-refractivity contribution in [1.29, 1.82) is 0 Å². The third-order valence-corrected chi connectivity index (χ3v) is 5.25. The van der Waals surface area contributed by atoms with Crippen molar-refractivity contribution in [2.75, 3.05) is 6.79 Å². The van der Waals surface area contributed by atoms with Crippen molar-refractivity contribution >= 4 is 52.4 Å². The number of hydrogen-bond donors (Lipinski definition) is 1. The molecule has 0 radical (unpaired) electrons. The SMILES string of the molecule is O=C(O)/C(=C/c1ccc(OCc2cc(Cl)cc(Cl)c2)cc1)c1cc2c(cc1Cl)OCO2. The summed E-state index contributed by atoms with van der Waals surface area (Å²) >= 11 is 18.3. The fourth-order valence-electron chi connectivity index (χ4n) is 3.07. The molecule has 4 rings (SSSR count). The van der Waals surface area contributed by atoms with Gasteiger partial charge in [-0.15, -0.1) is 0 Å². The fourth-order valence-corrected chi connectivity index (χ4v) is 3.89. The molecular formula is C23H15Cl3O5. The van der Waals surface area contributed by atoms with Crippen molar-refractivity contribution in [3.05, 3.63) is 86.4 Å². The molecule has 1 aliphatic rings. The summed E-state index contributed by atoms with van der Waals surface area (Å²) in [7, 11) is 0. The lowest BCUT2D eigenvalue weighted by Crippen LogP contribution is -2.01. The van der Waals surface area contributed by atoms with E-state index in [2.05, 4.69) is 0 Å². The Hall–Kier alpha value is -2.86. The van der Waals surface area contributed by atoms with Gasteiger partial charge in [0.25, 0.3) is 0 Å². The van der Waals surface area contributed by atoms with Gasteiger partial charge in [-0.05, 0) is 53.6 Å². The second-order valence-corrected chi connectivity index (χ2v) is 7.96. The summed E-state index contributed by atoms with van der Waals surface area (Å²) in [5, 5.41) is 11.1. The molecule has 0 spiro atoms. The largest absolute Gasteiger partial charge is 0.489 e. The highest BCUT2D eigenvalue weighted by atomic mass is 35.5. The maximum atomic E-state index is 11.9. The predicted molar refractivity (Wildman–Crippen MR) is 120 cm³/mol. The molecule has 31 heavy (non-hydrogen) atoms. The minimum absolute atomic E-state index is 0.0329. The van der Waals surface area contributed by atoms with Crippen LogP contribution in [0.3, 0.4) is 0 Å². The standard InChI is InChI=1S/C23H15Cl3O5/c24-15-5-14(6-16(25)8-15)11-29-17-3-1-13(2-4-17)7-19(23(27)28)18-9-21-22(10-20(18)26)31-12-30-21/h1-10H,11-12H2,(H,27,28)/b19-7+. The number of benzene rings is 3. The molecule has 1 heterocycles. The first-order chi connectivity index (χ1) is 14.9. The molecule has 3 aromatic rings. The first kappa shape index (κ1) is 21.4. The molecule has 0 atom stereocenters. The maximum Gasteiger partial charge on any atom is 0.336 e. The monoisotopic (exact) mass is 476 g/mol. The summed E-state index contributed by atoms with van der Waals surface area (Å²) < 4.78 is 16.4. The number of carboxylic acid groups (broad SMARTS) is 1. The van der Waals surface area contributed by atoms with Crippen LogP contribution in [0.25, 0.3) is 11.6 Å². The van der Waals surface area contributed by atoms with Crippen LogP contribution < -0.4 is 14.2 Å². The molecule has 158 valence electrons. The van der Waals surface area contributed by atoms with Gasteiger partial charge in [-0.1, -0.05) is 46.9 Å². The number of carbonyl (C=O) groups is 1. The Balaban J connectivity index is 1.54. The van der Waals surface area contributed by atoms with Crippen LogP contribution in [0.5, 0.6) is 17.2 Å². The zero-order chi connectivity index (χ0) is 22.0. The summed E-state index contributed by atoms with van der Waals surface area (Å²) in [6, 6.07) is 15.3. The van der Waals surface area contributed by atoms with E-state index in [9.17, 15) is 9.90 Å². The average molecular weight is 478 g/mol. The van der Waals surface area contributed by atoms with Crippen molar-refractivity contribution in [3.63, 3.8) is 0 Å². The van der Waals surface area contributed by atoms with Crippen LogP contribution in [0.15, 0.2) is 54.6 Å². The van der Waals surface area contributed by atoms with E-state index in [-0.39, 0.29) is 17.4 Å². The molecule has 0 amide bonds. The van der Waals surface area contributed by atoms with Crippen LogP contribution in [-0.2, 0) is 11.4 Å². The molecule has 0 bridgehead atoms. The van der Waals surface area contributed by atoms with Crippen molar-refractivity contribution < 1.29 is 24.1 Å². The van der Waals surface area contributed by atoms with E-state index >= 15 is 0 Å². The van der Waals surface area contributed by atoms with Crippen molar-refractivity contribution in [1.82, 2.24) is 0 Å². The number of ether oxygens (including phenoxy) is 3. The van der Waals surface area contributed by atoms with Gasteiger partial charge in [0.2, 0.25) is 6.79 Å². The van der Waals surface area contributed by atoms with Gasteiger partial charge in [0.1, 0.15) is 12.4 Å². The Bertz CT molecular complexity index is 1150. The summed E-state index contributed by atoms with van der Waals surface area (Å²) in [6.45, 7) is 0.368. The molecule has 0 unspecified atom stereocenters. The Morgan fingerprint density at radius 2 is 1.61 bits per heavy atom. The van der Waals surface area contributed by atoms with E-state index in [0.717, 1.165) is 5.56 Å². The van der Waals surface area contributed by atoms with Crippen LogP contribution in [0.4, 0.5) is 0 Å². The zero-order valence-electron chi connectivity index (χ0n) is 15.9. The number of rotatable bonds is 6. The molecule has 1 aliphatic heterocycles. The molecule has 0 saturated heterocycles. The molecule has 0 aromatic heterocycles. The lowest BCUT2D eigenvalue weighted by atomic mass is 10.0. The average Bonchev–Trinajstić information content (AvgIpc) is 3.17. The van der Waals surface area contributed by atoms with Gasteiger partial charge < -0.3 is 19.3 Å². The number of halogens is 3. The van der Waals surface area contributed by atoms with Gasteiger partial charge in [0.05, 0.1) is 10.6 Å². The molecule has 5 nitrogen and oxygen atoms in total. The Morgan fingerprint density at radius 3 is 2.26 bits per heavy atom. The molecule has 0 fully saturated rings. The molecule has 1 N–H and O–H groups in total. The topological polar surface area (TPSA) is 65.0 Å². The first-order valence-corrected chi connectivity index (χ1v) is 10.2. The first-order valence-electron chi connectivity index (χ1n) is 9.11. The summed E-state index contributed by atoms with van der Waals surface area (Å²) in [5.41, 5.74) is 1.89. The maximum absolute atomic E-state index is 11.9. The molecule has 3 aromatic carbocycles. The lowest BCUT2D eigenvalue weighted by Gasteiger charge is -2.09. The van der Waals surface area contributed by atoms with Crippen LogP contribution >= 0.6 is 34.8 Å². The van der Waals surface area contributed by atoms with E-state index in [1.54, 1.807) is 54.6 Å². The second kappa shape index (κ2) is 9.10. The number of hydrogen-bond acceptors (Lipinski definition) is 4. The lowest BCUT2D eigenvalue weighted by molar-refractivity contribution is -0.130. The predicted octanol–water partition coefficient (Wildman–Crippen LogP) is 6.58. The van der Waals surface area contributed by atoms with Gasteiger partial charge in [-0.3, -0.25) is 0 Å². The zero-order valence-corrected chi connectivity index (χ0v) is 18.2. The van der Waals surface area contributed by atoms with Crippen LogP contribution in [0.1, 0.15) is 16.7 Å². The molecule has 8 heteroatoms. The van der Waals surface area contributed by atoms with Gasteiger partial charge in [-0.25, -0.2) is 4.79 Å². The van der Waals surface area contributed by atoms with Crippen LogP contribution in [0, 0.1) is 0 Å². The van der Waals surface area contributed by atoms with Crippen molar-refractivity contribution in [2.45, 2.75) is 6.61 Å². The minimum Gasteiger partial charge on any atom is -0.489 e. The summed E-state index contributed by atoms with van der Waals surface area (Å²) in [5.74, 6) is 0.447. The van der Waals surface area contributed by atoms with E-state index in [1.807, 2.05) is 0 Å². The summed E-state index contributed by atoms with van der Waals surface area (Å²) in [4.78, 5) is 11.9. The number of fused-ring (bicyclic) bond motifs is 1. The minimum atomic E-state index is -1.11. The van der Waals surface area contributed by atoms with E-state index < -0.39 is 5.97 Å². The second-order valence-electron chi connectivity index (χ2n) is 6.68. The number of aliphatic carboxylic acids is 1. The highest BCUT2D eigenvalue weighted by Gasteiger charge is 2.21. The highest BCUT2D eigenvalue weighted by Crippen LogP contribution is 2.39. The summed E-state index contributed by atoms with van der Waals surface area (Å²) in [6.07, 6.45) is 1.53. The van der Waals surface area contributed by atoms with Crippen molar-refractivity contribution in [2.24, 2.45) is 0 Å². The normalized spacial score (nSPS) is 12.7. The third kappa shape index (κ3) is 5.07. The van der Waals surface area contributed by atoms with Crippen LogP contribution in [-0.4, -0.2) is 17.9 Å². The van der Waals surface area contributed by atoms with Crippen LogP contribution in [0.2, 0.25) is 15.1 Å². The Morgan fingerprint density at radius 1 is 0.968 bits per heavy atom. The van der Waals surface area contributed by atoms with Gasteiger partial charge in [-0.2, -0.15) is 0 Å². The smallest absolute Gasteiger partial charge is 0.336 e. The molecular weight excluding hydrogens is 463 g/mol. The Labute approximate surface area is 193 Å². The van der Waals surface area contributed by atoms with Gasteiger partial charge >= 0.3 is 5.97 Å². The molecule has 0 saturated carbocycles. The fraction of sp³-hybridized carbons (Fsp3) is 0.0870. The van der Waals surface area contributed by atoms with E-state index in [4.69, 9.17) is 49.0 Å². The van der Waals surface area contributed by atoms with Gasteiger partial charge in [0.15, 0.2) is 11.5 Å². The third-order valence-electron chi connectivity index (χ3n) is 4.50. The van der Waals surface area contributed by atoms with Gasteiger partial charge in [0, 0.05) is 21.7 Å². The Kier molecular flexibility index (Phi) is 6.28. The van der Waals surface area contributed by atoms with E-state index in [0.29, 0.717) is 45.0 Å². The van der Waals surface area contributed by atoms with E-state index in [1.165, 1.54) is 6.08 Å². The quantitative estimate of drug-likeness (QED) is 0.321.